The van der Waals surface area contributed by atoms with Crippen molar-refractivity contribution in [3.8, 4) is 0 Å². The van der Waals surface area contributed by atoms with Crippen LogP contribution in [0.3, 0.4) is 0 Å². The second-order valence-corrected chi connectivity index (χ2v) is 16.0. The maximum Gasteiger partial charge on any atom is 0.268 e. The first-order chi connectivity index (χ1) is 25.0. The molecule has 0 aromatic carbocycles. The average molecular weight is 749 g/mol. The summed E-state index contributed by atoms with van der Waals surface area (Å²) in [5.41, 5.74) is 0. The normalized spacial score (nSPS) is 15.3. The van der Waals surface area contributed by atoms with Crippen LogP contribution in [0, 0.1) is 0 Å². The van der Waals surface area contributed by atoms with E-state index in [0.29, 0.717) is 23.9 Å². The second kappa shape index (κ2) is 34.7. The van der Waals surface area contributed by atoms with Crippen LogP contribution in [0.5, 0.6) is 0 Å². The lowest BCUT2D eigenvalue weighted by atomic mass is 10.0. The number of carbonyl (C=O) groups is 1. The predicted octanol–water partition coefficient (Wildman–Crippen LogP) is 10.2. The van der Waals surface area contributed by atoms with Crippen molar-refractivity contribution < 1.29 is 32.9 Å². The summed E-state index contributed by atoms with van der Waals surface area (Å²) in [6, 6.07) is -0.808. The number of unbranched alkanes of at least 4 members (excludes halogenated alkanes) is 10. The van der Waals surface area contributed by atoms with Crippen molar-refractivity contribution in [1.29, 1.82) is 0 Å². The largest absolute Gasteiger partial charge is 0.756 e. The molecule has 0 heterocycles. The highest BCUT2D eigenvalue weighted by atomic mass is 31.2. The number of rotatable bonds is 35. The van der Waals surface area contributed by atoms with Crippen LogP contribution in [0.2, 0.25) is 0 Å². The summed E-state index contributed by atoms with van der Waals surface area (Å²) < 4.78 is 23.0. The Morgan fingerprint density at radius 1 is 0.692 bits per heavy atom. The van der Waals surface area contributed by atoms with Gasteiger partial charge in [0, 0.05) is 6.42 Å². The summed E-state index contributed by atoms with van der Waals surface area (Å²) >= 11 is 0. The highest BCUT2D eigenvalue weighted by molar-refractivity contribution is 7.45. The van der Waals surface area contributed by atoms with Crippen LogP contribution in [-0.4, -0.2) is 68.5 Å². The van der Waals surface area contributed by atoms with Crippen LogP contribution in [0.4, 0.5) is 0 Å². The van der Waals surface area contributed by atoms with Crippen LogP contribution in [-0.2, 0) is 18.4 Å². The number of amides is 1. The third kappa shape index (κ3) is 36.3. The molecule has 1 amide bonds. The highest BCUT2D eigenvalue weighted by Crippen LogP contribution is 2.38. The molecule has 2 N–H and O–H groups in total. The molecule has 300 valence electrons. The molecule has 9 heteroatoms. The molecule has 3 unspecified atom stereocenters. The Hall–Kier alpha value is -2.06. The van der Waals surface area contributed by atoms with Crippen molar-refractivity contribution in [2.75, 3.05) is 40.9 Å². The molecule has 0 rings (SSSR count). The number of nitrogens with one attached hydrogen (secondary N) is 1. The minimum absolute atomic E-state index is 0.00376. The zero-order valence-corrected chi connectivity index (χ0v) is 34.6. The quantitative estimate of drug-likeness (QED) is 0.0289. The number of phosphoric ester groups is 1. The molecule has 0 bridgehead atoms. The fourth-order valence-corrected chi connectivity index (χ4v) is 5.94. The molecule has 0 saturated carbocycles. The van der Waals surface area contributed by atoms with Gasteiger partial charge in [0.15, 0.2) is 0 Å². The zero-order chi connectivity index (χ0) is 38.6. The number of hydrogen-bond acceptors (Lipinski definition) is 6. The fourth-order valence-electron chi connectivity index (χ4n) is 5.22. The summed E-state index contributed by atoms with van der Waals surface area (Å²) in [6.45, 7) is 4.46. The minimum Gasteiger partial charge on any atom is -0.756 e. The molecule has 0 saturated heterocycles. The number of likely N-dealkylation sites (N-methyl/N-ethyl adjacent to an activating group) is 1. The van der Waals surface area contributed by atoms with Gasteiger partial charge in [-0.2, -0.15) is 0 Å². The standard InChI is InChI=1S/C43H77N2O6P/c1-6-8-10-12-13-14-15-16-17-18-19-20-21-22-23-24-25-26-27-28-29-30-31-33-35-37-43(47)44-41(42(46)36-34-32-11-9-7-2)40-51-52(48,49)50-39-38-45(3,4)5/h8,10,13-14,16-17,19-20,22-23,25-26,41-42,46H,6-7,9,11-12,15,18,21,24,27-40H2,1-5H3,(H-,44,47,48,49)/b10-8-,14-13-,17-16-,20-19-,23-22-,26-25-. The molecule has 0 spiro atoms. The van der Waals surface area contributed by atoms with E-state index in [1.165, 1.54) is 12.8 Å². The van der Waals surface area contributed by atoms with E-state index < -0.39 is 20.0 Å². The third-order valence-electron chi connectivity index (χ3n) is 8.46. The number of allylic oxidation sites excluding steroid dienone is 12. The molecule has 0 radical (unpaired) electrons. The van der Waals surface area contributed by atoms with Crippen LogP contribution in [0.15, 0.2) is 72.9 Å². The molecule has 0 aliphatic rings. The van der Waals surface area contributed by atoms with Crippen molar-refractivity contribution in [1.82, 2.24) is 5.32 Å². The van der Waals surface area contributed by atoms with Crippen molar-refractivity contribution >= 4 is 13.7 Å². The first kappa shape index (κ1) is 49.9. The molecular weight excluding hydrogens is 671 g/mol. The lowest BCUT2D eigenvalue weighted by Gasteiger charge is -2.30. The maximum atomic E-state index is 12.7. The number of carbonyl (C=O) groups excluding carboxylic acids is 1. The van der Waals surface area contributed by atoms with E-state index in [1.54, 1.807) is 0 Å². The monoisotopic (exact) mass is 749 g/mol. The fraction of sp³-hybridized carbons (Fsp3) is 0.698. The molecule has 52 heavy (non-hydrogen) atoms. The van der Waals surface area contributed by atoms with Gasteiger partial charge in [0.1, 0.15) is 13.2 Å². The Bertz CT molecular complexity index is 1080. The van der Waals surface area contributed by atoms with Gasteiger partial charge >= 0.3 is 0 Å². The first-order valence-corrected chi connectivity index (χ1v) is 21.7. The first-order valence-electron chi connectivity index (χ1n) is 20.3. The van der Waals surface area contributed by atoms with Gasteiger partial charge in [0.05, 0.1) is 39.9 Å². The summed E-state index contributed by atoms with van der Waals surface area (Å²) in [4.78, 5) is 25.1. The smallest absolute Gasteiger partial charge is 0.268 e. The Balaban J connectivity index is 4.17. The van der Waals surface area contributed by atoms with Gasteiger partial charge in [-0.1, -0.05) is 145 Å². The topological polar surface area (TPSA) is 108 Å². The van der Waals surface area contributed by atoms with Crippen LogP contribution >= 0.6 is 7.82 Å². The van der Waals surface area contributed by atoms with E-state index in [1.807, 2.05) is 21.1 Å². The molecule has 0 aromatic rings. The van der Waals surface area contributed by atoms with Crippen molar-refractivity contribution in [3.63, 3.8) is 0 Å². The van der Waals surface area contributed by atoms with Gasteiger partial charge in [-0.05, 0) is 64.2 Å². The van der Waals surface area contributed by atoms with Gasteiger partial charge in [0.2, 0.25) is 5.91 Å². The van der Waals surface area contributed by atoms with Gasteiger partial charge in [0.25, 0.3) is 7.82 Å². The lowest BCUT2D eigenvalue weighted by Crippen LogP contribution is -2.46. The van der Waals surface area contributed by atoms with Crippen molar-refractivity contribution in [2.45, 2.75) is 154 Å². The Morgan fingerprint density at radius 2 is 1.17 bits per heavy atom. The molecule has 0 aromatic heterocycles. The molecular formula is C43H77N2O6P. The SMILES string of the molecule is CC/C=C\C/C=C\C/C=C\C/C=C\C/C=C\C/C=C\CCCCCCCCC(=O)NC(COP(=O)([O-])OCC[N+](C)(C)C)C(O)CCCCCCC. The van der Waals surface area contributed by atoms with Gasteiger partial charge in [-0.15, -0.1) is 0 Å². The van der Waals surface area contributed by atoms with Gasteiger partial charge in [-0.3, -0.25) is 9.36 Å². The number of aliphatic hydroxyl groups excluding tert-OH is 1. The number of nitrogens with zero attached hydrogens (tertiary/aromatic N) is 1. The van der Waals surface area contributed by atoms with Crippen LogP contribution in [0.1, 0.15) is 142 Å². The Labute approximate surface area is 319 Å². The number of aliphatic hydroxyl groups is 1. The molecule has 0 aliphatic carbocycles. The van der Waals surface area contributed by atoms with Crippen molar-refractivity contribution in [2.24, 2.45) is 0 Å². The third-order valence-corrected chi connectivity index (χ3v) is 9.42. The number of quaternary nitrogens is 1. The Morgan fingerprint density at radius 3 is 1.71 bits per heavy atom. The average Bonchev–Trinajstić information content (AvgIpc) is 3.09. The minimum atomic E-state index is -4.55. The van der Waals surface area contributed by atoms with Gasteiger partial charge < -0.3 is 28.8 Å². The van der Waals surface area contributed by atoms with Gasteiger partial charge in [-0.25, -0.2) is 0 Å². The summed E-state index contributed by atoms with van der Waals surface area (Å²) in [7, 11) is 1.27. The van der Waals surface area contributed by atoms with E-state index in [2.05, 4.69) is 92.1 Å². The van der Waals surface area contributed by atoms with E-state index in [4.69, 9.17) is 9.05 Å². The van der Waals surface area contributed by atoms with E-state index in [-0.39, 0.29) is 19.1 Å². The molecule has 3 atom stereocenters. The van der Waals surface area contributed by atoms with Crippen molar-refractivity contribution in [3.05, 3.63) is 72.9 Å². The lowest BCUT2D eigenvalue weighted by molar-refractivity contribution is -0.870. The van der Waals surface area contributed by atoms with E-state index in [9.17, 15) is 19.4 Å². The molecule has 8 nitrogen and oxygen atoms in total. The van der Waals surface area contributed by atoms with E-state index >= 15 is 0 Å². The predicted molar refractivity (Wildman–Crippen MR) is 219 cm³/mol. The summed E-state index contributed by atoms with van der Waals surface area (Å²) in [5, 5.41) is 13.7. The molecule has 0 aliphatic heterocycles. The molecule has 0 fully saturated rings. The maximum absolute atomic E-state index is 12.7. The number of hydrogen-bond donors (Lipinski definition) is 2. The summed E-state index contributed by atoms with van der Waals surface area (Å²) in [6.07, 6.45) is 45.2. The zero-order valence-electron chi connectivity index (χ0n) is 33.7. The van der Waals surface area contributed by atoms with Crippen LogP contribution < -0.4 is 10.2 Å². The second-order valence-electron chi connectivity index (χ2n) is 14.6. The van der Waals surface area contributed by atoms with E-state index in [0.717, 1.165) is 103 Å². The highest BCUT2D eigenvalue weighted by Gasteiger charge is 2.24. The van der Waals surface area contributed by atoms with Crippen LogP contribution in [0.25, 0.3) is 0 Å². The Kier molecular flexibility index (Phi) is 33.3. The number of phosphoric acid groups is 1. The summed E-state index contributed by atoms with van der Waals surface area (Å²) in [5.74, 6) is -0.192.